The number of hydrogen-bond acceptors (Lipinski definition) is 15. The standard InChI is InChI=1S/C77H123N13O15/c1-44(2)36-54-72(99)89(20)60(40-51-28-24-22-25-29-51)74(101)87(18)58(38-46(5)6)70(97)80-55(73(100)90-34-26-23-27-35-90)42-62(92)81-64(48(9)10)76(103)88(19)59(39-47(7)8)71(98)82-65(49(11)12)77(104)86(17)56(33-31-52-30-32-53(67(94)78-14)61(41-52)105-21)68(95)83-66(50(13)91)75(102)84(15)43-63(93)85(16)57(37-45(3)4)69(96)79-54/h22,24-25,28-30,32,41,44-50,54-60,64-66,91H,23,26-27,31,33-40,42-43H2,1-21H3,(H,78,94)(H,79,96)(H,80,97)(H,81,92)(H,82,98)(H,83,95)/t50-,54+,55+,56+,57+,58+,59+,60?,64-,65+,66+/m1/s1. The fourth-order valence-electron chi connectivity index (χ4n) is 13.3. The Hall–Kier alpha value is -8.69. The van der Waals surface area contributed by atoms with Crippen molar-refractivity contribution in [1.82, 2.24) is 66.2 Å². The maximum atomic E-state index is 15.5. The van der Waals surface area contributed by atoms with Crippen LogP contribution in [0, 0.1) is 35.5 Å². The fraction of sp³-hybridized carbons (Fsp3) is 0.675. The van der Waals surface area contributed by atoms with Gasteiger partial charge >= 0.3 is 0 Å². The van der Waals surface area contributed by atoms with Gasteiger partial charge in [-0.1, -0.05) is 119 Å². The quantitative estimate of drug-likeness (QED) is 0.106. The number of aliphatic hydroxyl groups is 1. The predicted molar refractivity (Wildman–Crippen MR) is 399 cm³/mol. The first-order valence-electron chi connectivity index (χ1n) is 37.2. The van der Waals surface area contributed by atoms with Gasteiger partial charge in [0.05, 0.1) is 31.7 Å². The third-order valence-electron chi connectivity index (χ3n) is 19.7. The van der Waals surface area contributed by atoms with Gasteiger partial charge in [-0.2, -0.15) is 0 Å². The Labute approximate surface area is 622 Å². The zero-order valence-electron chi connectivity index (χ0n) is 66.1. The Morgan fingerprint density at radius 3 is 1.49 bits per heavy atom. The molecular formula is C77H123N13O15. The summed E-state index contributed by atoms with van der Waals surface area (Å²) in [6.45, 7) is 22.8. The fourth-order valence-corrected chi connectivity index (χ4v) is 13.3. The zero-order chi connectivity index (χ0) is 79.2. The van der Waals surface area contributed by atoms with Crippen molar-refractivity contribution in [2.45, 2.75) is 227 Å². The molecule has 0 saturated carbocycles. The van der Waals surface area contributed by atoms with E-state index in [-0.39, 0.29) is 79.9 Å². The van der Waals surface area contributed by atoms with Gasteiger partial charge in [-0.05, 0) is 123 Å². The average Bonchev–Trinajstić information content (AvgIpc) is 0.857. The summed E-state index contributed by atoms with van der Waals surface area (Å²) in [4.78, 5) is 202. The molecule has 105 heavy (non-hydrogen) atoms. The summed E-state index contributed by atoms with van der Waals surface area (Å²) >= 11 is 0. The Morgan fingerprint density at radius 1 is 0.514 bits per heavy atom. The number of benzene rings is 2. The van der Waals surface area contributed by atoms with Crippen molar-refractivity contribution in [2.75, 3.05) is 76.1 Å². The summed E-state index contributed by atoms with van der Waals surface area (Å²) < 4.78 is 5.56. The van der Waals surface area contributed by atoms with Crippen molar-refractivity contribution in [3.63, 3.8) is 0 Å². The molecule has 7 N–H and O–H groups in total. The monoisotopic (exact) mass is 1470 g/mol. The number of methoxy groups -OCH3 is 1. The third kappa shape index (κ3) is 25.2. The minimum Gasteiger partial charge on any atom is -0.496 e. The smallest absolute Gasteiger partial charge is 0.254 e. The van der Waals surface area contributed by atoms with Crippen LogP contribution in [0.3, 0.4) is 0 Å². The molecule has 0 radical (unpaired) electrons. The lowest BCUT2D eigenvalue weighted by atomic mass is 9.96. The minimum absolute atomic E-state index is 0.0448. The van der Waals surface area contributed by atoms with Gasteiger partial charge in [-0.25, -0.2) is 0 Å². The second kappa shape index (κ2) is 41.3. The van der Waals surface area contributed by atoms with Crippen LogP contribution in [0.1, 0.15) is 169 Å². The van der Waals surface area contributed by atoms with Gasteiger partial charge in [0.2, 0.25) is 70.9 Å². The van der Waals surface area contributed by atoms with E-state index in [1.54, 1.807) is 81.1 Å². The lowest BCUT2D eigenvalue weighted by Crippen LogP contribution is -2.62. The van der Waals surface area contributed by atoms with Crippen LogP contribution in [0.15, 0.2) is 48.5 Å². The van der Waals surface area contributed by atoms with Gasteiger partial charge in [0.25, 0.3) is 5.91 Å². The van der Waals surface area contributed by atoms with Crippen molar-refractivity contribution >= 4 is 76.8 Å². The molecule has 0 aromatic heterocycles. The number of amides is 13. The third-order valence-corrected chi connectivity index (χ3v) is 19.7. The van der Waals surface area contributed by atoms with Crippen molar-refractivity contribution in [2.24, 2.45) is 35.5 Å². The molecule has 2 aliphatic heterocycles. The van der Waals surface area contributed by atoms with E-state index in [9.17, 15) is 33.9 Å². The maximum Gasteiger partial charge on any atom is 0.254 e. The van der Waals surface area contributed by atoms with Crippen LogP contribution in [0.25, 0.3) is 0 Å². The van der Waals surface area contributed by atoms with Crippen molar-refractivity contribution in [1.29, 1.82) is 0 Å². The Bertz CT molecular complexity index is 3320. The molecule has 28 heteroatoms. The van der Waals surface area contributed by atoms with Crippen LogP contribution in [-0.2, 0) is 70.4 Å². The van der Waals surface area contributed by atoms with Crippen molar-refractivity contribution in [3.8, 4) is 5.75 Å². The number of nitrogens with one attached hydrogen (secondary N) is 6. The minimum atomic E-state index is -1.74. The molecule has 1 unspecified atom stereocenters. The second-order valence-electron chi connectivity index (χ2n) is 30.9. The number of nitrogens with zero attached hydrogens (tertiary/aromatic N) is 7. The first-order chi connectivity index (χ1) is 49.2. The number of hydrogen-bond donors (Lipinski definition) is 7. The Balaban J connectivity index is 1.99. The van der Waals surface area contributed by atoms with Gasteiger partial charge in [0, 0.05) is 68.8 Å². The van der Waals surface area contributed by atoms with Gasteiger partial charge < -0.3 is 76.0 Å². The molecule has 2 heterocycles. The lowest BCUT2D eigenvalue weighted by molar-refractivity contribution is -0.150. The molecule has 0 aliphatic carbocycles. The number of carbonyl (C=O) groups excluding carboxylic acids is 13. The molecule has 4 rings (SSSR count). The normalized spacial score (nSPS) is 24.3. The number of aliphatic hydroxyl groups excluding tert-OH is 1. The van der Waals surface area contributed by atoms with Gasteiger partial charge in [0.1, 0.15) is 66.2 Å². The molecule has 2 aromatic rings. The molecule has 2 saturated heterocycles. The molecule has 28 nitrogen and oxygen atoms in total. The van der Waals surface area contributed by atoms with Crippen LogP contribution < -0.4 is 36.6 Å². The molecule has 11 atom stereocenters. The number of ether oxygens (including phenoxy) is 1. The van der Waals surface area contributed by atoms with E-state index < -0.39 is 168 Å². The summed E-state index contributed by atoms with van der Waals surface area (Å²) in [5, 5.41) is 28.1. The SMILES string of the molecule is CNC(=O)c1ccc(CC[C@H]2C(=O)N[C@@H]([C@@H](C)O)C(=O)N(C)CC(=O)N(C)[C@@H](CC(C)C)C(=O)N[C@@H](CC(C)C)C(=O)N(C)C(Cc3ccccc3)C(=O)N(C)[C@@H](CC(C)C)C(=O)N[C@H](C(=O)N3CCCCC3)CC(=O)N[C@H](C(C)C)C(=O)N(C)[C@@H](CC(C)C)C(=O)N[C@@H](C(C)C)C(=O)N2C)cc1OC. The van der Waals surface area contributed by atoms with E-state index in [0.29, 0.717) is 37.1 Å². The Morgan fingerprint density at radius 2 is 0.981 bits per heavy atom. The summed E-state index contributed by atoms with van der Waals surface area (Å²) in [5.74, 6) is -11.3. The molecule has 0 bridgehead atoms. The first kappa shape index (κ1) is 88.7. The second-order valence-corrected chi connectivity index (χ2v) is 30.9. The molecule has 2 aliphatic rings. The zero-order valence-corrected chi connectivity index (χ0v) is 66.1. The van der Waals surface area contributed by atoms with E-state index in [2.05, 4.69) is 31.9 Å². The highest BCUT2D eigenvalue weighted by Crippen LogP contribution is 2.26. The summed E-state index contributed by atoms with van der Waals surface area (Å²) in [6.07, 6.45) is 0.102. The first-order valence-corrected chi connectivity index (χ1v) is 37.2. The topological polar surface area (TPSA) is 346 Å². The number of likely N-dealkylation sites (tertiary alicyclic amines) is 1. The molecule has 0 spiro atoms. The molecular weight excluding hydrogens is 1350 g/mol. The molecule has 13 amide bonds. The van der Waals surface area contributed by atoms with E-state index in [4.69, 9.17) is 4.74 Å². The number of rotatable bonds is 19. The summed E-state index contributed by atoms with van der Waals surface area (Å²) in [6, 6.07) is -0.00896. The van der Waals surface area contributed by atoms with E-state index in [0.717, 1.165) is 21.1 Å². The maximum absolute atomic E-state index is 15.5. The van der Waals surface area contributed by atoms with Crippen molar-refractivity contribution in [3.05, 3.63) is 65.2 Å². The summed E-state index contributed by atoms with van der Waals surface area (Å²) in [7, 11) is 11.1. The lowest BCUT2D eigenvalue weighted by Gasteiger charge is -2.38. The van der Waals surface area contributed by atoms with Gasteiger partial charge in [0.15, 0.2) is 0 Å². The largest absolute Gasteiger partial charge is 0.496 e. The van der Waals surface area contributed by atoms with E-state index in [1.165, 1.54) is 78.1 Å². The van der Waals surface area contributed by atoms with Gasteiger partial charge in [-0.3, -0.25) is 62.3 Å². The van der Waals surface area contributed by atoms with E-state index >= 15 is 33.6 Å². The number of likely N-dealkylation sites (N-methyl/N-ethyl adjacent to an activating group) is 6. The number of piperidine rings is 1. The number of aryl methyl sites for hydroxylation is 1. The Kier molecular flexibility index (Phi) is 34.9. The molecule has 2 fully saturated rings. The van der Waals surface area contributed by atoms with Crippen LogP contribution >= 0.6 is 0 Å². The number of carbonyl (C=O) groups is 13. The van der Waals surface area contributed by atoms with Crippen LogP contribution in [-0.4, -0.2) is 259 Å². The van der Waals surface area contributed by atoms with Crippen molar-refractivity contribution < 1.29 is 72.2 Å². The highest BCUT2D eigenvalue weighted by atomic mass is 16.5. The van der Waals surface area contributed by atoms with Crippen LogP contribution in [0.5, 0.6) is 5.75 Å². The highest BCUT2D eigenvalue weighted by molar-refractivity contribution is 6.01. The predicted octanol–water partition coefficient (Wildman–Crippen LogP) is 3.54. The molecule has 586 valence electrons. The van der Waals surface area contributed by atoms with Crippen LogP contribution in [0.4, 0.5) is 0 Å². The average molecular weight is 1470 g/mol. The summed E-state index contributed by atoms with van der Waals surface area (Å²) in [5.41, 5.74) is 1.45. The molecule has 2 aromatic carbocycles. The highest BCUT2D eigenvalue weighted by Gasteiger charge is 2.44. The van der Waals surface area contributed by atoms with Gasteiger partial charge in [-0.15, -0.1) is 0 Å². The van der Waals surface area contributed by atoms with E-state index in [1.807, 2.05) is 55.4 Å². The van der Waals surface area contributed by atoms with Crippen LogP contribution in [0.2, 0.25) is 0 Å².